The number of amides is 1. The van der Waals surface area contributed by atoms with Gasteiger partial charge in [-0.05, 0) is 12.8 Å². The molecule has 0 aromatic rings. The molecule has 0 atom stereocenters. The van der Waals surface area contributed by atoms with E-state index >= 15 is 0 Å². The first-order valence-electron chi connectivity index (χ1n) is 4.09. The smallest absolute Gasteiger partial charge is 0.230 e. The van der Waals surface area contributed by atoms with Crippen LogP contribution >= 0.6 is 15.9 Å². The molecule has 1 saturated heterocycles. The van der Waals surface area contributed by atoms with Crippen LogP contribution in [0.5, 0.6) is 0 Å². The summed E-state index contributed by atoms with van der Waals surface area (Å²) in [6, 6.07) is 0.0357. The molecule has 13 heavy (non-hydrogen) atoms. The topological polar surface area (TPSA) is 63.2 Å². The van der Waals surface area contributed by atoms with Gasteiger partial charge in [0.25, 0.3) is 0 Å². The average molecular weight is 270 g/mol. The van der Waals surface area contributed by atoms with E-state index in [0.717, 1.165) is 0 Å². The molecule has 0 spiro atoms. The molecule has 0 radical (unpaired) electrons. The molecular weight excluding hydrogens is 258 g/mol. The minimum atomic E-state index is -2.82. The zero-order chi connectivity index (χ0) is 9.90. The van der Waals surface area contributed by atoms with E-state index < -0.39 is 9.84 Å². The van der Waals surface area contributed by atoms with E-state index in [1.54, 1.807) is 0 Å². The number of hydrogen-bond donors (Lipinski definition) is 1. The third-order valence-electron chi connectivity index (χ3n) is 2.04. The van der Waals surface area contributed by atoms with Crippen LogP contribution in [0, 0.1) is 0 Å². The number of sulfone groups is 1. The molecule has 0 aromatic heterocycles. The van der Waals surface area contributed by atoms with Gasteiger partial charge in [0.05, 0.1) is 16.8 Å². The largest absolute Gasteiger partial charge is 0.353 e. The maximum absolute atomic E-state index is 11.0. The molecule has 0 unspecified atom stereocenters. The quantitative estimate of drug-likeness (QED) is 0.722. The number of alkyl halides is 1. The van der Waals surface area contributed by atoms with Crippen LogP contribution in [0.1, 0.15) is 12.8 Å². The third kappa shape index (κ3) is 3.64. The van der Waals surface area contributed by atoms with Crippen LogP contribution in [0.25, 0.3) is 0 Å². The molecule has 1 aliphatic rings. The molecule has 0 aliphatic carbocycles. The van der Waals surface area contributed by atoms with Gasteiger partial charge in [0, 0.05) is 6.04 Å². The molecule has 1 amide bonds. The molecule has 6 heteroatoms. The monoisotopic (exact) mass is 269 g/mol. The third-order valence-corrected chi connectivity index (χ3v) is 4.27. The molecule has 1 aliphatic heterocycles. The van der Waals surface area contributed by atoms with Crippen molar-refractivity contribution in [1.29, 1.82) is 0 Å². The fourth-order valence-electron chi connectivity index (χ4n) is 1.30. The first kappa shape index (κ1) is 11.0. The average Bonchev–Trinajstić information content (AvgIpc) is 2.08. The van der Waals surface area contributed by atoms with Crippen LogP contribution in [0.4, 0.5) is 0 Å². The highest BCUT2D eigenvalue weighted by Gasteiger charge is 2.24. The first-order chi connectivity index (χ1) is 6.03. The van der Waals surface area contributed by atoms with Crippen LogP contribution in [-0.2, 0) is 14.6 Å². The van der Waals surface area contributed by atoms with E-state index in [4.69, 9.17) is 0 Å². The Morgan fingerprint density at radius 2 is 1.92 bits per heavy atom. The normalized spacial score (nSPS) is 22.5. The van der Waals surface area contributed by atoms with Crippen molar-refractivity contribution >= 4 is 31.7 Å². The summed E-state index contributed by atoms with van der Waals surface area (Å²) >= 11 is 3.03. The van der Waals surface area contributed by atoms with Crippen molar-refractivity contribution in [2.24, 2.45) is 0 Å². The number of carbonyl (C=O) groups is 1. The zero-order valence-electron chi connectivity index (χ0n) is 7.12. The Morgan fingerprint density at radius 1 is 1.38 bits per heavy atom. The number of carbonyl (C=O) groups excluding carboxylic acids is 1. The second-order valence-electron chi connectivity index (χ2n) is 3.13. The standard InChI is InChI=1S/C7H12BrNO3S/c8-5-7(10)9-6-1-3-13(11,12)4-2-6/h6H,1-5H2,(H,9,10). The van der Waals surface area contributed by atoms with Gasteiger partial charge >= 0.3 is 0 Å². The Hall–Kier alpha value is -0.100. The van der Waals surface area contributed by atoms with Gasteiger partial charge in [0.1, 0.15) is 9.84 Å². The Labute approximate surface area is 86.1 Å². The lowest BCUT2D eigenvalue weighted by molar-refractivity contribution is -0.119. The lowest BCUT2D eigenvalue weighted by atomic mass is 10.1. The van der Waals surface area contributed by atoms with Gasteiger partial charge in [-0.3, -0.25) is 4.79 Å². The minimum absolute atomic E-state index is 0.0357. The maximum Gasteiger partial charge on any atom is 0.230 e. The predicted molar refractivity (Wildman–Crippen MR) is 53.6 cm³/mol. The lowest BCUT2D eigenvalue weighted by Gasteiger charge is -2.22. The lowest BCUT2D eigenvalue weighted by Crippen LogP contribution is -2.41. The summed E-state index contributed by atoms with van der Waals surface area (Å²) in [7, 11) is -2.82. The van der Waals surface area contributed by atoms with Gasteiger partial charge in [-0.25, -0.2) is 8.42 Å². The van der Waals surface area contributed by atoms with Crippen molar-refractivity contribution in [3.05, 3.63) is 0 Å². The molecule has 1 fully saturated rings. The van der Waals surface area contributed by atoms with Crippen molar-refractivity contribution in [3.63, 3.8) is 0 Å². The summed E-state index contributed by atoms with van der Waals surface area (Å²) < 4.78 is 22.1. The Morgan fingerprint density at radius 3 is 2.38 bits per heavy atom. The number of halogens is 1. The van der Waals surface area contributed by atoms with Gasteiger partial charge in [-0.1, -0.05) is 15.9 Å². The van der Waals surface area contributed by atoms with Crippen molar-refractivity contribution in [3.8, 4) is 0 Å². The number of nitrogens with one attached hydrogen (secondary N) is 1. The van der Waals surface area contributed by atoms with E-state index in [-0.39, 0.29) is 28.8 Å². The summed E-state index contributed by atoms with van der Waals surface area (Å²) in [5, 5.41) is 3.03. The minimum Gasteiger partial charge on any atom is -0.353 e. The predicted octanol–water partition coefficient (Wildman–Crippen LogP) is 0.0747. The van der Waals surface area contributed by atoms with Crippen molar-refractivity contribution in [2.45, 2.75) is 18.9 Å². The second kappa shape index (κ2) is 4.41. The summed E-state index contributed by atoms with van der Waals surface area (Å²) in [5.74, 6) is 0.310. The number of hydrogen-bond acceptors (Lipinski definition) is 3. The van der Waals surface area contributed by atoms with E-state index in [0.29, 0.717) is 12.8 Å². The Balaban J connectivity index is 2.38. The highest BCUT2D eigenvalue weighted by molar-refractivity contribution is 9.09. The van der Waals surface area contributed by atoms with E-state index in [1.807, 2.05) is 0 Å². The molecule has 76 valence electrons. The molecule has 0 saturated carbocycles. The van der Waals surface area contributed by atoms with Crippen molar-refractivity contribution in [1.82, 2.24) is 5.32 Å². The zero-order valence-corrected chi connectivity index (χ0v) is 9.53. The van der Waals surface area contributed by atoms with Gasteiger partial charge in [0.2, 0.25) is 5.91 Å². The SMILES string of the molecule is O=C(CBr)NC1CCS(=O)(=O)CC1. The fourth-order valence-corrected chi connectivity index (χ4v) is 2.95. The second-order valence-corrected chi connectivity index (χ2v) is 5.99. The van der Waals surface area contributed by atoms with Crippen LogP contribution in [0.15, 0.2) is 0 Å². The van der Waals surface area contributed by atoms with Crippen molar-refractivity contribution < 1.29 is 13.2 Å². The molecule has 1 rings (SSSR count). The fraction of sp³-hybridized carbons (Fsp3) is 0.857. The van der Waals surface area contributed by atoms with Crippen LogP contribution in [0.3, 0.4) is 0 Å². The van der Waals surface area contributed by atoms with Gasteiger partial charge in [0.15, 0.2) is 0 Å². The van der Waals surface area contributed by atoms with Crippen LogP contribution < -0.4 is 5.32 Å². The summed E-state index contributed by atoms with van der Waals surface area (Å²) in [6.45, 7) is 0. The first-order valence-corrected chi connectivity index (χ1v) is 7.03. The highest BCUT2D eigenvalue weighted by Crippen LogP contribution is 2.11. The van der Waals surface area contributed by atoms with Gasteiger partial charge < -0.3 is 5.32 Å². The number of rotatable bonds is 2. The van der Waals surface area contributed by atoms with Crippen LogP contribution in [-0.4, -0.2) is 37.2 Å². The molecule has 0 aromatic carbocycles. The van der Waals surface area contributed by atoms with Gasteiger partial charge in [-0.2, -0.15) is 0 Å². The Kier molecular flexibility index (Phi) is 3.73. The van der Waals surface area contributed by atoms with E-state index in [1.165, 1.54) is 0 Å². The van der Waals surface area contributed by atoms with Crippen LogP contribution in [0.2, 0.25) is 0 Å². The summed E-state index contributed by atoms with van der Waals surface area (Å²) in [6.07, 6.45) is 1.09. The molecule has 0 bridgehead atoms. The highest BCUT2D eigenvalue weighted by atomic mass is 79.9. The van der Waals surface area contributed by atoms with Gasteiger partial charge in [-0.15, -0.1) is 0 Å². The molecule has 4 nitrogen and oxygen atoms in total. The Bertz CT molecular complexity index is 274. The van der Waals surface area contributed by atoms with E-state index in [2.05, 4.69) is 21.2 Å². The molecular formula is C7H12BrNO3S. The summed E-state index contributed by atoms with van der Waals surface area (Å²) in [4.78, 5) is 10.9. The maximum atomic E-state index is 11.0. The molecule has 1 heterocycles. The summed E-state index contributed by atoms with van der Waals surface area (Å²) in [5.41, 5.74) is 0. The van der Waals surface area contributed by atoms with Crippen molar-refractivity contribution in [2.75, 3.05) is 16.8 Å². The molecule has 1 N–H and O–H groups in total. The van der Waals surface area contributed by atoms with E-state index in [9.17, 15) is 13.2 Å².